The van der Waals surface area contributed by atoms with Gasteiger partial charge in [0.2, 0.25) is 0 Å². The maximum absolute atomic E-state index is 13.4. The summed E-state index contributed by atoms with van der Waals surface area (Å²) in [4.78, 5) is 4.96. The maximum atomic E-state index is 13.4. The van der Waals surface area contributed by atoms with Crippen LogP contribution in [-0.4, -0.2) is 74.0 Å². The summed E-state index contributed by atoms with van der Waals surface area (Å²) in [5.74, 6) is 1.04. The number of hydrogen-bond donors (Lipinski definition) is 0. The first kappa shape index (κ1) is 23.3. The summed E-state index contributed by atoms with van der Waals surface area (Å²) >= 11 is 0. The van der Waals surface area contributed by atoms with Gasteiger partial charge in [-0.3, -0.25) is 4.90 Å². The highest BCUT2D eigenvalue weighted by atomic mass is 19.1. The van der Waals surface area contributed by atoms with E-state index in [4.69, 9.17) is 14.0 Å². The quantitative estimate of drug-likeness (QED) is 0.432. The van der Waals surface area contributed by atoms with Gasteiger partial charge in [0.05, 0.1) is 25.5 Å². The number of morpholine rings is 1. The van der Waals surface area contributed by atoms with Gasteiger partial charge in [-0.2, -0.15) is 0 Å². The van der Waals surface area contributed by atoms with E-state index in [-0.39, 0.29) is 5.82 Å². The number of likely N-dealkylation sites (tertiary alicyclic amines) is 1. The SMILES string of the molecule is Fc1ccc2c(C3CCN(CCc4ccc(OCCCN5CCOCC5)cc4)CC3)noc2c1. The molecule has 6 nitrogen and oxygen atoms in total. The van der Waals surface area contributed by atoms with Gasteiger partial charge < -0.3 is 18.9 Å². The lowest BCUT2D eigenvalue weighted by atomic mass is 9.91. The molecule has 0 N–H and O–H groups in total. The van der Waals surface area contributed by atoms with Crippen LogP contribution in [0.15, 0.2) is 47.0 Å². The molecule has 0 radical (unpaired) electrons. The van der Waals surface area contributed by atoms with Crippen LogP contribution in [0.3, 0.4) is 0 Å². The van der Waals surface area contributed by atoms with E-state index in [9.17, 15) is 4.39 Å². The van der Waals surface area contributed by atoms with E-state index in [1.165, 1.54) is 17.7 Å². The lowest BCUT2D eigenvalue weighted by molar-refractivity contribution is 0.0358. The minimum atomic E-state index is -0.284. The van der Waals surface area contributed by atoms with Gasteiger partial charge in [-0.15, -0.1) is 0 Å². The summed E-state index contributed by atoms with van der Waals surface area (Å²) in [5, 5.41) is 5.21. The molecule has 2 fully saturated rings. The van der Waals surface area contributed by atoms with Gasteiger partial charge >= 0.3 is 0 Å². The van der Waals surface area contributed by atoms with Gasteiger partial charge in [-0.05, 0) is 68.6 Å². The minimum Gasteiger partial charge on any atom is -0.494 e. The molecule has 2 saturated heterocycles. The third kappa shape index (κ3) is 5.95. The number of benzene rings is 2. The highest BCUT2D eigenvalue weighted by molar-refractivity contribution is 5.79. The molecule has 0 unspecified atom stereocenters. The molecule has 0 saturated carbocycles. The second kappa shape index (κ2) is 11.3. The molecule has 2 aliphatic heterocycles. The molecular weight excluding hydrogens is 433 g/mol. The van der Waals surface area contributed by atoms with E-state index in [0.29, 0.717) is 11.5 Å². The van der Waals surface area contributed by atoms with Crippen LogP contribution in [-0.2, 0) is 11.2 Å². The van der Waals surface area contributed by atoms with Gasteiger partial charge in [0.1, 0.15) is 11.6 Å². The lowest BCUT2D eigenvalue weighted by Crippen LogP contribution is -2.37. The van der Waals surface area contributed by atoms with Crippen molar-refractivity contribution in [2.75, 3.05) is 59.1 Å². The first-order valence-corrected chi connectivity index (χ1v) is 12.5. The third-order valence-corrected chi connectivity index (χ3v) is 7.07. The Kier molecular flexibility index (Phi) is 7.73. The largest absolute Gasteiger partial charge is 0.494 e. The Hall–Kier alpha value is -2.48. The molecule has 1 aromatic heterocycles. The molecule has 7 heteroatoms. The van der Waals surface area contributed by atoms with Crippen LogP contribution < -0.4 is 4.74 Å². The molecule has 5 rings (SSSR count). The molecule has 34 heavy (non-hydrogen) atoms. The normalized spacial score (nSPS) is 18.5. The standard InChI is InChI=1S/C27H34FN3O3/c28-23-4-7-25-26(20-23)34-29-27(25)22-9-13-31(14-10-22)12-8-21-2-5-24(6-3-21)33-17-1-11-30-15-18-32-19-16-30/h2-7,20,22H,1,8-19H2. The van der Waals surface area contributed by atoms with Gasteiger partial charge in [0.25, 0.3) is 0 Å². The van der Waals surface area contributed by atoms with E-state index in [1.807, 2.05) is 0 Å². The predicted molar refractivity (Wildman–Crippen MR) is 130 cm³/mol. The molecule has 3 heterocycles. The van der Waals surface area contributed by atoms with E-state index in [2.05, 4.69) is 39.2 Å². The molecule has 0 atom stereocenters. The Morgan fingerprint density at radius 3 is 2.50 bits per heavy atom. The number of piperidine rings is 1. The Labute approximate surface area is 200 Å². The molecule has 0 bridgehead atoms. The zero-order valence-electron chi connectivity index (χ0n) is 19.8. The topological polar surface area (TPSA) is 51.0 Å². The van der Waals surface area contributed by atoms with Gasteiger partial charge in [0.15, 0.2) is 5.58 Å². The average Bonchev–Trinajstić information content (AvgIpc) is 3.30. The Balaban J connectivity index is 1.02. The molecule has 0 spiro atoms. The van der Waals surface area contributed by atoms with Crippen LogP contribution in [0.2, 0.25) is 0 Å². The van der Waals surface area contributed by atoms with Crippen molar-refractivity contribution in [2.45, 2.75) is 31.6 Å². The third-order valence-electron chi connectivity index (χ3n) is 7.07. The van der Waals surface area contributed by atoms with Crippen LogP contribution >= 0.6 is 0 Å². The summed E-state index contributed by atoms with van der Waals surface area (Å²) < 4.78 is 30.1. The fraction of sp³-hybridized carbons (Fsp3) is 0.519. The lowest BCUT2D eigenvalue weighted by Gasteiger charge is -2.31. The minimum absolute atomic E-state index is 0.284. The smallest absolute Gasteiger partial charge is 0.170 e. The van der Waals surface area contributed by atoms with E-state index >= 15 is 0 Å². The summed E-state index contributed by atoms with van der Waals surface area (Å²) in [7, 11) is 0. The second-order valence-corrected chi connectivity index (χ2v) is 9.37. The van der Waals surface area contributed by atoms with Crippen molar-refractivity contribution in [1.29, 1.82) is 0 Å². The Morgan fingerprint density at radius 2 is 1.71 bits per heavy atom. The summed E-state index contributed by atoms with van der Waals surface area (Å²) in [6, 6.07) is 13.3. The number of rotatable bonds is 9. The highest BCUT2D eigenvalue weighted by Crippen LogP contribution is 2.32. The zero-order chi connectivity index (χ0) is 23.2. The van der Waals surface area contributed by atoms with Crippen LogP contribution in [0.4, 0.5) is 4.39 Å². The molecular formula is C27H34FN3O3. The van der Waals surface area contributed by atoms with Crippen LogP contribution in [0.5, 0.6) is 5.75 Å². The molecule has 2 aromatic carbocycles. The Bertz CT molecular complexity index is 1040. The Morgan fingerprint density at radius 1 is 0.941 bits per heavy atom. The van der Waals surface area contributed by atoms with E-state index in [1.54, 1.807) is 6.07 Å². The number of hydrogen-bond acceptors (Lipinski definition) is 6. The predicted octanol–water partition coefficient (Wildman–Crippen LogP) is 4.49. The molecule has 182 valence electrons. The number of fused-ring (bicyclic) bond motifs is 1. The van der Waals surface area contributed by atoms with Crippen molar-refractivity contribution < 1.29 is 18.4 Å². The van der Waals surface area contributed by atoms with E-state index < -0.39 is 0 Å². The van der Waals surface area contributed by atoms with Crippen molar-refractivity contribution >= 4 is 11.0 Å². The first-order chi connectivity index (χ1) is 16.7. The average molecular weight is 468 g/mol. The molecule has 2 aliphatic rings. The van der Waals surface area contributed by atoms with Crippen molar-refractivity contribution in [2.24, 2.45) is 0 Å². The highest BCUT2D eigenvalue weighted by Gasteiger charge is 2.25. The summed E-state index contributed by atoms with van der Waals surface area (Å²) in [5.41, 5.74) is 2.87. The number of nitrogens with zero attached hydrogens (tertiary/aromatic N) is 3. The fourth-order valence-corrected chi connectivity index (χ4v) is 5.00. The van der Waals surface area contributed by atoms with E-state index in [0.717, 1.165) is 102 Å². The number of halogens is 1. The monoisotopic (exact) mass is 467 g/mol. The van der Waals surface area contributed by atoms with Gasteiger partial charge in [0, 0.05) is 43.5 Å². The molecule has 3 aromatic rings. The van der Waals surface area contributed by atoms with Crippen molar-refractivity contribution in [3.05, 3.63) is 59.5 Å². The van der Waals surface area contributed by atoms with Gasteiger partial charge in [-0.25, -0.2) is 4.39 Å². The summed E-state index contributed by atoms with van der Waals surface area (Å²) in [6.45, 7) is 8.73. The van der Waals surface area contributed by atoms with Crippen LogP contribution in [0.1, 0.15) is 36.4 Å². The zero-order valence-corrected chi connectivity index (χ0v) is 19.8. The van der Waals surface area contributed by atoms with Crippen molar-refractivity contribution in [3.8, 4) is 5.75 Å². The number of aromatic nitrogens is 1. The summed E-state index contributed by atoms with van der Waals surface area (Å²) in [6.07, 6.45) is 4.18. The maximum Gasteiger partial charge on any atom is 0.170 e. The fourth-order valence-electron chi connectivity index (χ4n) is 5.00. The van der Waals surface area contributed by atoms with Crippen molar-refractivity contribution in [1.82, 2.24) is 15.0 Å². The van der Waals surface area contributed by atoms with Gasteiger partial charge in [-0.1, -0.05) is 17.3 Å². The van der Waals surface area contributed by atoms with Crippen LogP contribution in [0.25, 0.3) is 11.0 Å². The number of ether oxygens (including phenoxy) is 2. The van der Waals surface area contributed by atoms with Crippen molar-refractivity contribution in [3.63, 3.8) is 0 Å². The first-order valence-electron chi connectivity index (χ1n) is 12.5. The second-order valence-electron chi connectivity index (χ2n) is 9.37. The van der Waals surface area contributed by atoms with Crippen LogP contribution in [0, 0.1) is 5.82 Å². The molecule has 0 amide bonds. The molecule has 0 aliphatic carbocycles.